The third-order valence-corrected chi connectivity index (χ3v) is 4.45. The van der Waals surface area contributed by atoms with Gasteiger partial charge in [0, 0.05) is 25.6 Å². The first-order valence-electron chi connectivity index (χ1n) is 7.90. The number of rotatable bonds is 4. The van der Waals surface area contributed by atoms with E-state index in [1.165, 1.54) is 0 Å². The molecule has 6 heteroatoms. The van der Waals surface area contributed by atoms with Crippen molar-refractivity contribution in [2.45, 2.75) is 58.7 Å². The quantitative estimate of drug-likeness (QED) is 0.841. The van der Waals surface area contributed by atoms with E-state index in [9.17, 15) is 4.79 Å². The van der Waals surface area contributed by atoms with E-state index in [4.69, 9.17) is 4.52 Å². The van der Waals surface area contributed by atoms with Crippen LogP contribution in [0.4, 0.5) is 0 Å². The van der Waals surface area contributed by atoms with Gasteiger partial charge in [-0.15, -0.1) is 0 Å². The van der Waals surface area contributed by atoms with Gasteiger partial charge < -0.3 is 9.42 Å². The minimum Gasteiger partial charge on any atom is -0.339 e. The molecule has 3 heterocycles. The first kappa shape index (κ1) is 14.5. The molecule has 0 N–H and O–H groups in total. The Hall–Kier alpha value is -1.43. The summed E-state index contributed by atoms with van der Waals surface area (Å²) in [7, 11) is 0. The molecule has 6 nitrogen and oxygen atoms in total. The molecule has 0 aromatic carbocycles. The molecule has 1 aromatic rings. The van der Waals surface area contributed by atoms with Crippen LogP contribution in [0, 0.1) is 5.92 Å². The van der Waals surface area contributed by atoms with Gasteiger partial charge in [0.25, 0.3) is 0 Å². The third-order valence-electron chi connectivity index (χ3n) is 4.45. The fourth-order valence-corrected chi connectivity index (χ4v) is 3.31. The molecule has 3 rings (SSSR count). The molecule has 2 atom stereocenters. The summed E-state index contributed by atoms with van der Waals surface area (Å²) >= 11 is 0. The van der Waals surface area contributed by atoms with Crippen molar-refractivity contribution in [2.75, 3.05) is 13.1 Å². The van der Waals surface area contributed by atoms with E-state index in [0.29, 0.717) is 30.2 Å². The molecule has 1 amide bonds. The molecular formula is C15H24N4O2. The average molecular weight is 292 g/mol. The zero-order valence-electron chi connectivity index (χ0n) is 13.1. The fraction of sp³-hybridized carbons (Fsp3) is 0.800. The largest absolute Gasteiger partial charge is 0.339 e. The van der Waals surface area contributed by atoms with E-state index >= 15 is 0 Å². The predicted octanol–water partition coefficient (Wildman–Crippen LogP) is 1.46. The SMILES string of the molecule is CC(C)Cc1nc(CN2C[C@H]3CCCN3C(=O)[C@H]2C)no1. The summed E-state index contributed by atoms with van der Waals surface area (Å²) in [5.74, 6) is 2.13. The second kappa shape index (κ2) is 5.75. The standard InChI is InChI=1S/C15H24N4O2/c1-10(2)7-14-16-13(17-21-14)9-18-8-12-5-4-6-19(12)15(20)11(18)3/h10-12H,4-9H2,1-3H3/t11-,12-/m1/s1. The van der Waals surface area contributed by atoms with Crippen molar-refractivity contribution in [1.82, 2.24) is 19.9 Å². The second-order valence-electron chi connectivity index (χ2n) is 6.64. The molecule has 2 fully saturated rings. The molecule has 2 aliphatic heterocycles. The van der Waals surface area contributed by atoms with Crippen molar-refractivity contribution in [3.05, 3.63) is 11.7 Å². The van der Waals surface area contributed by atoms with Gasteiger partial charge >= 0.3 is 0 Å². The minimum atomic E-state index is -0.0913. The van der Waals surface area contributed by atoms with Crippen LogP contribution in [0.1, 0.15) is 45.3 Å². The van der Waals surface area contributed by atoms with Gasteiger partial charge in [0.2, 0.25) is 11.8 Å². The highest BCUT2D eigenvalue weighted by atomic mass is 16.5. The van der Waals surface area contributed by atoms with Gasteiger partial charge in [-0.1, -0.05) is 19.0 Å². The van der Waals surface area contributed by atoms with Crippen LogP contribution in [0.25, 0.3) is 0 Å². The predicted molar refractivity (Wildman–Crippen MR) is 77.4 cm³/mol. The minimum absolute atomic E-state index is 0.0913. The summed E-state index contributed by atoms with van der Waals surface area (Å²) in [6.45, 7) is 8.67. The van der Waals surface area contributed by atoms with E-state index in [-0.39, 0.29) is 11.9 Å². The van der Waals surface area contributed by atoms with Crippen LogP contribution in [0.5, 0.6) is 0 Å². The van der Waals surface area contributed by atoms with Crippen molar-refractivity contribution >= 4 is 5.91 Å². The van der Waals surface area contributed by atoms with E-state index in [1.54, 1.807) is 0 Å². The van der Waals surface area contributed by atoms with Gasteiger partial charge in [0.1, 0.15) is 0 Å². The van der Waals surface area contributed by atoms with E-state index in [0.717, 1.165) is 32.4 Å². The Morgan fingerprint density at radius 2 is 2.24 bits per heavy atom. The van der Waals surface area contributed by atoms with Crippen molar-refractivity contribution in [3.63, 3.8) is 0 Å². The summed E-state index contributed by atoms with van der Waals surface area (Å²) in [6.07, 6.45) is 3.04. The fourth-order valence-electron chi connectivity index (χ4n) is 3.31. The molecule has 21 heavy (non-hydrogen) atoms. The Balaban J connectivity index is 1.66. The first-order chi connectivity index (χ1) is 10.0. The molecule has 116 valence electrons. The summed E-state index contributed by atoms with van der Waals surface area (Å²) in [5.41, 5.74) is 0. The Labute approximate surface area is 125 Å². The van der Waals surface area contributed by atoms with Crippen LogP contribution in [0.3, 0.4) is 0 Å². The molecule has 0 bridgehead atoms. The topological polar surface area (TPSA) is 62.5 Å². The summed E-state index contributed by atoms with van der Waals surface area (Å²) < 4.78 is 5.28. The van der Waals surface area contributed by atoms with E-state index < -0.39 is 0 Å². The number of amides is 1. The average Bonchev–Trinajstić information content (AvgIpc) is 3.04. The molecule has 0 radical (unpaired) electrons. The molecule has 0 aliphatic carbocycles. The molecule has 1 aromatic heterocycles. The van der Waals surface area contributed by atoms with Crippen LogP contribution in [0.15, 0.2) is 4.52 Å². The highest BCUT2D eigenvalue weighted by Crippen LogP contribution is 2.26. The summed E-state index contributed by atoms with van der Waals surface area (Å²) in [4.78, 5) is 21.0. The van der Waals surface area contributed by atoms with Gasteiger partial charge in [-0.25, -0.2) is 0 Å². The van der Waals surface area contributed by atoms with Gasteiger partial charge in [0.05, 0.1) is 12.6 Å². The zero-order valence-corrected chi connectivity index (χ0v) is 13.1. The van der Waals surface area contributed by atoms with Crippen LogP contribution in [-0.4, -0.2) is 51.0 Å². The maximum absolute atomic E-state index is 12.4. The first-order valence-corrected chi connectivity index (χ1v) is 7.90. The number of carbonyl (C=O) groups excluding carboxylic acids is 1. The number of piperazine rings is 1. The zero-order chi connectivity index (χ0) is 15.0. The Morgan fingerprint density at radius 3 is 3.00 bits per heavy atom. The van der Waals surface area contributed by atoms with Crippen molar-refractivity contribution in [3.8, 4) is 0 Å². The van der Waals surface area contributed by atoms with Gasteiger partial charge in [0.15, 0.2) is 5.82 Å². The number of carbonyl (C=O) groups is 1. The molecule has 0 saturated carbocycles. The van der Waals surface area contributed by atoms with Crippen molar-refractivity contribution in [2.24, 2.45) is 5.92 Å². The number of hydrogen-bond acceptors (Lipinski definition) is 5. The lowest BCUT2D eigenvalue weighted by molar-refractivity contribution is -0.143. The summed E-state index contributed by atoms with van der Waals surface area (Å²) in [5, 5.41) is 4.06. The van der Waals surface area contributed by atoms with E-state index in [1.807, 2.05) is 11.8 Å². The summed E-state index contributed by atoms with van der Waals surface area (Å²) in [6, 6.07) is 0.280. The number of fused-ring (bicyclic) bond motifs is 1. The van der Waals surface area contributed by atoms with Crippen molar-refractivity contribution in [1.29, 1.82) is 0 Å². The monoisotopic (exact) mass is 292 g/mol. The van der Waals surface area contributed by atoms with Gasteiger partial charge in [-0.3, -0.25) is 9.69 Å². The smallest absolute Gasteiger partial charge is 0.239 e. The van der Waals surface area contributed by atoms with Crippen molar-refractivity contribution < 1.29 is 9.32 Å². The van der Waals surface area contributed by atoms with Crippen LogP contribution in [-0.2, 0) is 17.8 Å². The number of hydrogen-bond donors (Lipinski definition) is 0. The normalized spacial score (nSPS) is 26.7. The van der Waals surface area contributed by atoms with Gasteiger partial charge in [-0.2, -0.15) is 4.98 Å². The molecule has 0 unspecified atom stereocenters. The molecule has 0 spiro atoms. The Bertz CT molecular complexity index is 514. The number of aromatic nitrogens is 2. The van der Waals surface area contributed by atoms with Crippen LogP contribution in [0.2, 0.25) is 0 Å². The molecule has 2 aliphatic rings. The van der Waals surface area contributed by atoms with Crippen LogP contribution < -0.4 is 0 Å². The maximum Gasteiger partial charge on any atom is 0.239 e. The highest BCUT2D eigenvalue weighted by Gasteiger charge is 2.40. The molecule has 2 saturated heterocycles. The number of nitrogens with zero attached hydrogens (tertiary/aromatic N) is 4. The second-order valence-corrected chi connectivity index (χ2v) is 6.64. The highest BCUT2D eigenvalue weighted by molar-refractivity contribution is 5.82. The Morgan fingerprint density at radius 1 is 1.43 bits per heavy atom. The lowest BCUT2D eigenvalue weighted by Crippen LogP contribution is -2.58. The maximum atomic E-state index is 12.4. The van der Waals surface area contributed by atoms with Gasteiger partial charge in [-0.05, 0) is 25.7 Å². The lowest BCUT2D eigenvalue weighted by Gasteiger charge is -2.41. The van der Waals surface area contributed by atoms with E-state index in [2.05, 4.69) is 28.9 Å². The van der Waals surface area contributed by atoms with Crippen LogP contribution >= 0.6 is 0 Å². The lowest BCUT2D eigenvalue weighted by atomic mass is 10.1. The Kier molecular flexibility index (Phi) is 3.97. The molecular weight excluding hydrogens is 268 g/mol. The third kappa shape index (κ3) is 2.95.